The van der Waals surface area contributed by atoms with Gasteiger partial charge in [0.15, 0.2) is 6.29 Å². The number of hydrogen-bond acceptors (Lipinski definition) is 7. The van der Waals surface area contributed by atoms with Crippen molar-refractivity contribution < 1.29 is 9.72 Å². The maximum atomic E-state index is 11.7. The number of benzene rings is 1. The van der Waals surface area contributed by atoms with Gasteiger partial charge in [-0.2, -0.15) is 0 Å². The molecule has 4 rings (SSSR count). The Kier molecular flexibility index (Phi) is 5.37. The number of aldehydes is 1. The molecule has 1 aromatic carbocycles. The normalized spacial score (nSPS) is 14.8. The molecule has 0 spiro atoms. The lowest BCUT2D eigenvalue weighted by atomic mass is 10.2. The first-order chi connectivity index (χ1) is 14.5. The molecule has 3 aromatic rings. The first-order valence-corrected chi connectivity index (χ1v) is 9.93. The molecule has 9 nitrogen and oxygen atoms in total. The number of hydrogen-bond donors (Lipinski definition) is 1. The molecule has 3 heterocycles. The van der Waals surface area contributed by atoms with E-state index in [2.05, 4.69) is 27.0 Å². The Bertz CT molecular complexity index is 1100. The van der Waals surface area contributed by atoms with Gasteiger partial charge in [0.05, 0.1) is 22.3 Å². The molecular formula is C21H24N6O3. The summed E-state index contributed by atoms with van der Waals surface area (Å²) < 4.78 is 1.76. The van der Waals surface area contributed by atoms with Crippen molar-refractivity contribution >= 4 is 40.1 Å². The van der Waals surface area contributed by atoms with Crippen LogP contribution in [0.3, 0.4) is 0 Å². The van der Waals surface area contributed by atoms with Gasteiger partial charge in [-0.05, 0) is 30.8 Å². The number of carbonyl (C=O) groups is 1. The Labute approximate surface area is 174 Å². The van der Waals surface area contributed by atoms with Crippen LogP contribution < -0.4 is 10.2 Å². The zero-order valence-electron chi connectivity index (χ0n) is 17.0. The summed E-state index contributed by atoms with van der Waals surface area (Å²) in [6.45, 7) is 6.76. The third-order valence-corrected chi connectivity index (χ3v) is 5.71. The van der Waals surface area contributed by atoms with Crippen molar-refractivity contribution in [3.8, 4) is 0 Å². The van der Waals surface area contributed by atoms with Crippen LogP contribution in [0, 0.1) is 10.1 Å². The number of piperazine rings is 1. The van der Waals surface area contributed by atoms with Gasteiger partial charge >= 0.3 is 0 Å². The first kappa shape index (κ1) is 19.8. The second kappa shape index (κ2) is 8.11. The average molecular weight is 408 g/mol. The number of nitrogens with one attached hydrogen (secondary N) is 1. The fraction of sp³-hybridized carbons (Fsp3) is 0.333. The molecule has 1 fully saturated rings. The Morgan fingerprint density at radius 3 is 2.63 bits per heavy atom. The summed E-state index contributed by atoms with van der Waals surface area (Å²) >= 11 is 0. The van der Waals surface area contributed by atoms with Gasteiger partial charge in [-0.15, -0.1) is 0 Å². The number of pyridine rings is 1. The monoisotopic (exact) mass is 408 g/mol. The smallest absolute Gasteiger partial charge is 0.294 e. The zero-order valence-corrected chi connectivity index (χ0v) is 17.0. The maximum absolute atomic E-state index is 11.7. The van der Waals surface area contributed by atoms with Gasteiger partial charge < -0.3 is 19.7 Å². The van der Waals surface area contributed by atoms with Crippen LogP contribution in [0.15, 0.2) is 36.5 Å². The van der Waals surface area contributed by atoms with Gasteiger partial charge in [-0.1, -0.05) is 6.92 Å². The summed E-state index contributed by atoms with van der Waals surface area (Å²) in [6, 6.07) is 8.80. The van der Waals surface area contributed by atoms with Crippen molar-refractivity contribution in [3.05, 3.63) is 52.3 Å². The first-order valence-electron chi connectivity index (χ1n) is 9.93. The molecule has 9 heteroatoms. The van der Waals surface area contributed by atoms with E-state index in [1.54, 1.807) is 42.1 Å². The molecule has 1 saturated heterocycles. The SMILES string of the molecule is CCN1CCN(c2ccc(Nc3cc4cc(C=O)n(C)c4cn3)c([N+](=O)[O-])c2)CC1. The van der Waals surface area contributed by atoms with Crippen LogP contribution in [-0.4, -0.2) is 58.4 Å². The largest absolute Gasteiger partial charge is 0.369 e. The van der Waals surface area contributed by atoms with Crippen molar-refractivity contribution in [1.82, 2.24) is 14.5 Å². The minimum Gasteiger partial charge on any atom is -0.369 e. The van der Waals surface area contributed by atoms with E-state index in [9.17, 15) is 14.9 Å². The second-order valence-electron chi connectivity index (χ2n) is 7.38. The number of anilines is 3. The van der Waals surface area contributed by atoms with Gasteiger partial charge in [0.2, 0.25) is 0 Å². The Morgan fingerprint density at radius 2 is 1.97 bits per heavy atom. The number of likely N-dealkylation sites (N-methyl/N-ethyl adjacent to an activating group) is 1. The van der Waals surface area contributed by atoms with E-state index in [1.807, 2.05) is 6.07 Å². The van der Waals surface area contributed by atoms with Crippen LogP contribution in [-0.2, 0) is 7.05 Å². The van der Waals surface area contributed by atoms with Gasteiger partial charge in [0.25, 0.3) is 5.69 Å². The second-order valence-corrected chi connectivity index (χ2v) is 7.38. The molecule has 1 aliphatic rings. The Balaban J connectivity index is 1.60. The average Bonchev–Trinajstić information content (AvgIpc) is 3.09. The van der Waals surface area contributed by atoms with Gasteiger partial charge in [-0.25, -0.2) is 4.98 Å². The van der Waals surface area contributed by atoms with Crippen molar-refractivity contribution in [2.75, 3.05) is 42.9 Å². The molecule has 0 unspecified atom stereocenters. The quantitative estimate of drug-likeness (QED) is 0.380. The summed E-state index contributed by atoms with van der Waals surface area (Å²) in [7, 11) is 1.80. The zero-order chi connectivity index (χ0) is 21.3. The Hall–Kier alpha value is -3.46. The highest BCUT2D eigenvalue weighted by Crippen LogP contribution is 2.32. The van der Waals surface area contributed by atoms with Crippen molar-refractivity contribution in [2.24, 2.45) is 7.05 Å². The van der Waals surface area contributed by atoms with Crippen LogP contribution in [0.5, 0.6) is 0 Å². The standard InChI is InChI=1S/C21H24N6O3/c1-3-25-6-8-26(9-7-25)16-4-5-18(19(12-16)27(29)30)23-21-11-15-10-17(14-28)24(2)20(15)13-22-21/h4-5,10-14H,3,6-9H2,1-2H3,(H,22,23). The molecule has 30 heavy (non-hydrogen) atoms. The summed E-state index contributed by atoms with van der Waals surface area (Å²) in [5.74, 6) is 0.484. The lowest BCUT2D eigenvalue weighted by Crippen LogP contribution is -2.46. The highest BCUT2D eigenvalue weighted by atomic mass is 16.6. The topological polar surface area (TPSA) is 96.5 Å². The van der Waals surface area contributed by atoms with Crippen molar-refractivity contribution in [1.29, 1.82) is 0 Å². The lowest BCUT2D eigenvalue weighted by Gasteiger charge is -2.35. The molecule has 0 saturated carbocycles. The van der Waals surface area contributed by atoms with E-state index in [-0.39, 0.29) is 10.6 Å². The molecule has 156 valence electrons. The van der Waals surface area contributed by atoms with Crippen molar-refractivity contribution in [2.45, 2.75) is 6.92 Å². The Morgan fingerprint density at radius 1 is 1.20 bits per heavy atom. The highest BCUT2D eigenvalue weighted by molar-refractivity contribution is 5.90. The number of fused-ring (bicyclic) bond motifs is 1. The number of nitro benzene ring substituents is 1. The van der Waals surface area contributed by atoms with E-state index in [0.717, 1.165) is 55.6 Å². The number of aryl methyl sites for hydroxylation is 1. The molecule has 0 atom stereocenters. The predicted molar refractivity (Wildman–Crippen MR) is 117 cm³/mol. The van der Waals surface area contributed by atoms with Gasteiger partial charge in [0.1, 0.15) is 11.5 Å². The number of nitro groups is 1. The van der Waals surface area contributed by atoms with Crippen LogP contribution in [0.25, 0.3) is 10.9 Å². The van der Waals surface area contributed by atoms with Crippen LogP contribution in [0.2, 0.25) is 0 Å². The van der Waals surface area contributed by atoms with Crippen LogP contribution in [0.1, 0.15) is 17.4 Å². The van der Waals surface area contributed by atoms with E-state index >= 15 is 0 Å². The number of nitrogens with zero attached hydrogens (tertiary/aromatic N) is 5. The number of aromatic nitrogens is 2. The van der Waals surface area contributed by atoms with E-state index in [0.29, 0.717) is 17.2 Å². The van der Waals surface area contributed by atoms with Crippen LogP contribution >= 0.6 is 0 Å². The van der Waals surface area contributed by atoms with E-state index in [4.69, 9.17) is 0 Å². The molecule has 0 bridgehead atoms. The molecule has 0 aliphatic carbocycles. The maximum Gasteiger partial charge on any atom is 0.294 e. The predicted octanol–water partition coefficient (Wildman–Crippen LogP) is 3.18. The molecule has 1 aliphatic heterocycles. The highest BCUT2D eigenvalue weighted by Gasteiger charge is 2.21. The van der Waals surface area contributed by atoms with E-state index in [1.165, 1.54) is 0 Å². The number of carbonyl (C=O) groups excluding carboxylic acids is 1. The third kappa shape index (κ3) is 3.71. The van der Waals surface area contributed by atoms with Crippen LogP contribution in [0.4, 0.5) is 22.9 Å². The lowest BCUT2D eigenvalue weighted by molar-refractivity contribution is -0.383. The third-order valence-electron chi connectivity index (χ3n) is 5.71. The molecule has 0 amide bonds. The summed E-state index contributed by atoms with van der Waals surface area (Å²) in [5, 5.41) is 15.6. The fourth-order valence-electron chi connectivity index (χ4n) is 3.87. The molecule has 2 aromatic heterocycles. The summed E-state index contributed by atoms with van der Waals surface area (Å²) in [6.07, 6.45) is 2.44. The minimum atomic E-state index is -0.375. The van der Waals surface area contributed by atoms with Gasteiger partial charge in [0, 0.05) is 50.4 Å². The van der Waals surface area contributed by atoms with E-state index < -0.39 is 0 Å². The molecule has 0 radical (unpaired) electrons. The van der Waals surface area contributed by atoms with Gasteiger partial charge in [-0.3, -0.25) is 14.9 Å². The fourth-order valence-corrected chi connectivity index (χ4v) is 3.87. The summed E-state index contributed by atoms with van der Waals surface area (Å²) in [5.41, 5.74) is 2.61. The molecule has 1 N–H and O–H groups in total. The summed E-state index contributed by atoms with van der Waals surface area (Å²) in [4.78, 5) is 31.4. The minimum absolute atomic E-state index is 0.00830. The molecular weight excluding hydrogens is 384 g/mol. The van der Waals surface area contributed by atoms with Crippen molar-refractivity contribution in [3.63, 3.8) is 0 Å². The number of rotatable bonds is 6.